The first-order valence-electron chi connectivity index (χ1n) is 7.30. The van der Waals surface area contributed by atoms with E-state index in [-0.39, 0.29) is 18.0 Å². The summed E-state index contributed by atoms with van der Waals surface area (Å²) in [6, 6.07) is 12.2. The van der Waals surface area contributed by atoms with Crippen molar-refractivity contribution in [3.63, 3.8) is 0 Å². The lowest BCUT2D eigenvalue weighted by Crippen LogP contribution is -2.26. The fraction of sp³-hybridized carbons (Fsp3) is 0.111. The van der Waals surface area contributed by atoms with Gasteiger partial charge in [-0.1, -0.05) is 34.8 Å². The van der Waals surface area contributed by atoms with Crippen LogP contribution in [0.25, 0.3) is 10.9 Å². The van der Waals surface area contributed by atoms with E-state index in [1.165, 1.54) is 6.07 Å². The summed E-state index contributed by atoms with van der Waals surface area (Å²) in [5.41, 5.74) is 2.52. The molecule has 122 valence electrons. The fourth-order valence-corrected chi connectivity index (χ4v) is 2.72. The van der Waals surface area contributed by atoms with Gasteiger partial charge in [0.1, 0.15) is 0 Å². The molecule has 3 rings (SSSR count). The third-order valence-corrected chi connectivity index (χ3v) is 4.44. The van der Waals surface area contributed by atoms with Gasteiger partial charge in [0.15, 0.2) is 0 Å². The molecule has 0 atom stereocenters. The highest BCUT2D eigenvalue weighted by atomic mass is 35.5. The van der Waals surface area contributed by atoms with Crippen molar-refractivity contribution in [2.24, 2.45) is 0 Å². The van der Waals surface area contributed by atoms with Gasteiger partial charge >= 0.3 is 0 Å². The highest BCUT2D eigenvalue weighted by molar-refractivity contribution is 6.42. The first-order chi connectivity index (χ1) is 11.4. The summed E-state index contributed by atoms with van der Waals surface area (Å²) in [7, 11) is 0. The molecule has 0 radical (unpaired) electrons. The van der Waals surface area contributed by atoms with E-state index in [0.717, 1.165) is 16.5 Å². The number of rotatable bonds is 3. The second-order valence-electron chi connectivity index (χ2n) is 5.53. The predicted octanol–water partition coefficient (Wildman–Crippen LogP) is 4.07. The van der Waals surface area contributed by atoms with E-state index in [9.17, 15) is 9.59 Å². The quantitative estimate of drug-likeness (QED) is 0.739. The van der Waals surface area contributed by atoms with E-state index in [2.05, 4.69) is 10.3 Å². The van der Waals surface area contributed by atoms with Crippen LogP contribution in [0.15, 0.2) is 47.3 Å². The van der Waals surface area contributed by atoms with Crippen molar-refractivity contribution in [3.8, 4) is 0 Å². The lowest BCUT2D eigenvalue weighted by Gasteiger charge is -2.07. The molecular formula is C18H14Cl2N2O2. The number of hydrogen-bond acceptors (Lipinski definition) is 2. The molecule has 1 aromatic heterocycles. The van der Waals surface area contributed by atoms with Gasteiger partial charge in [0.25, 0.3) is 11.5 Å². The minimum Gasteiger partial charge on any atom is -0.348 e. The fourth-order valence-electron chi connectivity index (χ4n) is 2.42. The Morgan fingerprint density at radius 2 is 1.88 bits per heavy atom. The van der Waals surface area contributed by atoms with Crippen molar-refractivity contribution in [3.05, 3.63) is 79.6 Å². The van der Waals surface area contributed by atoms with Gasteiger partial charge in [0.2, 0.25) is 0 Å². The van der Waals surface area contributed by atoms with Crippen molar-refractivity contribution in [2.45, 2.75) is 13.5 Å². The summed E-state index contributed by atoms with van der Waals surface area (Å²) < 4.78 is 0. The zero-order valence-corrected chi connectivity index (χ0v) is 14.3. The van der Waals surface area contributed by atoms with Gasteiger partial charge in [-0.25, -0.2) is 0 Å². The topological polar surface area (TPSA) is 62.0 Å². The van der Waals surface area contributed by atoms with Crippen LogP contribution in [0.2, 0.25) is 10.0 Å². The van der Waals surface area contributed by atoms with Crippen LogP contribution in [-0.2, 0) is 6.54 Å². The molecule has 2 N–H and O–H groups in total. The first kappa shape index (κ1) is 16.6. The Morgan fingerprint density at radius 3 is 2.62 bits per heavy atom. The summed E-state index contributed by atoms with van der Waals surface area (Å²) in [6.07, 6.45) is 0. The van der Waals surface area contributed by atoms with Crippen LogP contribution in [-0.4, -0.2) is 10.9 Å². The monoisotopic (exact) mass is 360 g/mol. The average Bonchev–Trinajstić information content (AvgIpc) is 2.55. The number of amides is 1. The minimum atomic E-state index is -0.322. The second-order valence-corrected chi connectivity index (χ2v) is 6.34. The van der Waals surface area contributed by atoms with Crippen LogP contribution < -0.4 is 10.9 Å². The molecule has 0 saturated carbocycles. The Balaban J connectivity index is 1.82. The highest BCUT2D eigenvalue weighted by Crippen LogP contribution is 2.22. The summed E-state index contributed by atoms with van der Waals surface area (Å²) >= 11 is 11.8. The second kappa shape index (κ2) is 6.67. The molecule has 1 amide bonds. The van der Waals surface area contributed by atoms with Crippen LogP contribution in [0.5, 0.6) is 0 Å². The maximum atomic E-state index is 12.2. The summed E-state index contributed by atoms with van der Waals surface area (Å²) in [4.78, 5) is 27.1. The number of carbonyl (C=O) groups is 1. The molecule has 6 heteroatoms. The number of nitrogens with one attached hydrogen (secondary N) is 2. The van der Waals surface area contributed by atoms with Gasteiger partial charge in [-0.05, 0) is 48.7 Å². The maximum Gasteiger partial charge on any atom is 0.253 e. The van der Waals surface area contributed by atoms with Crippen molar-refractivity contribution >= 4 is 40.0 Å². The number of carbonyl (C=O) groups excluding carboxylic acids is 1. The molecule has 24 heavy (non-hydrogen) atoms. The molecule has 0 unspecified atom stereocenters. The molecule has 4 nitrogen and oxygen atoms in total. The SMILES string of the molecule is Cc1ccc2[nH]c(=O)c(CNC(=O)c3ccc(Cl)c(Cl)c3)cc2c1. The largest absolute Gasteiger partial charge is 0.348 e. The zero-order chi connectivity index (χ0) is 17.3. The van der Waals surface area contributed by atoms with E-state index in [0.29, 0.717) is 21.2 Å². The maximum absolute atomic E-state index is 12.2. The van der Waals surface area contributed by atoms with Crippen LogP contribution in [0.3, 0.4) is 0 Å². The lowest BCUT2D eigenvalue weighted by atomic mass is 10.1. The molecule has 3 aromatic rings. The van der Waals surface area contributed by atoms with Gasteiger partial charge in [0, 0.05) is 23.2 Å². The van der Waals surface area contributed by atoms with E-state index >= 15 is 0 Å². The Labute approximate surface area is 148 Å². The Kier molecular flexibility index (Phi) is 4.60. The molecule has 0 saturated heterocycles. The van der Waals surface area contributed by atoms with Crippen molar-refractivity contribution < 1.29 is 4.79 Å². The Hall–Kier alpha value is -2.30. The van der Waals surface area contributed by atoms with Crippen LogP contribution in [0, 0.1) is 6.92 Å². The number of aryl methyl sites for hydroxylation is 1. The van der Waals surface area contributed by atoms with E-state index in [1.807, 2.05) is 25.1 Å². The Morgan fingerprint density at radius 1 is 1.08 bits per heavy atom. The molecule has 0 bridgehead atoms. The predicted molar refractivity (Wildman–Crippen MR) is 96.9 cm³/mol. The zero-order valence-electron chi connectivity index (χ0n) is 12.8. The van der Waals surface area contributed by atoms with Crippen LogP contribution in [0.1, 0.15) is 21.5 Å². The third kappa shape index (κ3) is 3.45. The van der Waals surface area contributed by atoms with E-state index < -0.39 is 0 Å². The van der Waals surface area contributed by atoms with E-state index in [4.69, 9.17) is 23.2 Å². The van der Waals surface area contributed by atoms with Crippen molar-refractivity contribution in [2.75, 3.05) is 0 Å². The molecule has 1 heterocycles. The summed E-state index contributed by atoms with van der Waals surface area (Å²) in [5, 5.41) is 4.34. The number of H-pyrrole nitrogens is 1. The smallest absolute Gasteiger partial charge is 0.253 e. The third-order valence-electron chi connectivity index (χ3n) is 3.70. The summed E-state index contributed by atoms with van der Waals surface area (Å²) in [6.45, 7) is 2.11. The standard InChI is InChI=1S/C18H14Cl2N2O2/c1-10-2-5-16-12(6-10)7-13(18(24)22-16)9-21-17(23)11-3-4-14(19)15(20)8-11/h2-8H,9H2,1H3,(H,21,23)(H,22,24). The first-order valence-corrected chi connectivity index (χ1v) is 8.05. The number of benzene rings is 2. The number of halogens is 2. The number of fused-ring (bicyclic) bond motifs is 1. The normalized spacial score (nSPS) is 10.8. The molecule has 0 spiro atoms. The average molecular weight is 361 g/mol. The lowest BCUT2D eigenvalue weighted by molar-refractivity contribution is 0.0951. The molecule has 0 aliphatic carbocycles. The van der Waals surface area contributed by atoms with Gasteiger partial charge in [0.05, 0.1) is 10.0 Å². The molecular weight excluding hydrogens is 347 g/mol. The number of hydrogen-bond donors (Lipinski definition) is 2. The van der Waals surface area contributed by atoms with Crippen LogP contribution >= 0.6 is 23.2 Å². The minimum absolute atomic E-state index is 0.123. The van der Waals surface area contributed by atoms with Gasteiger partial charge in [-0.3, -0.25) is 9.59 Å². The van der Waals surface area contributed by atoms with Crippen molar-refractivity contribution in [1.29, 1.82) is 0 Å². The Bertz CT molecular complexity index is 996. The number of pyridine rings is 1. The van der Waals surface area contributed by atoms with Gasteiger partial charge in [-0.15, -0.1) is 0 Å². The molecule has 0 fully saturated rings. The molecule has 0 aliphatic rings. The van der Waals surface area contributed by atoms with Gasteiger partial charge in [-0.2, -0.15) is 0 Å². The van der Waals surface area contributed by atoms with Gasteiger partial charge < -0.3 is 10.3 Å². The van der Waals surface area contributed by atoms with Crippen LogP contribution in [0.4, 0.5) is 0 Å². The van der Waals surface area contributed by atoms with Crippen molar-refractivity contribution in [1.82, 2.24) is 10.3 Å². The van der Waals surface area contributed by atoms with E-state index in [1.54, 1.807) is 18.2 Å². The molecule has 0 aliphatic heterocycles. The number of aromatic amines is 1. The molecule has 2 aromatic carbocycles. The summed E-state index contributed by atoms with van der Waals surface area (Å²) in [5.74, 6) is -0.322. The highest BCUT2D eigenvalue weighted by Gasteiger charge is 2.09. The number of aromatic nitrogens is 1.